The molecule has 0 aliphatic heterocycles. The lowest BCUT2D eigenvalue weighted by Crippen LogP contribution is -2.32. The minimum atomic E-state index is -0.459. The number of aromatic nitrogens is 1. The van der Waals surface area contributed by atoms with Crippen LogP contribution in [0.15, 0.2) is 18.3 Å². The van der Waals surface area contributed by atoms with Crippen LogP contribution >= 0.6 is 0 Å². The van der Waals surface area contributed by atoms with Crippen LogP contribution in [0.1, 0.15) is 30.8 Å². The van der Waals surface area contributed by atoms with Crippen LogP contribution in [0.5, 0.6) is 0 Å². The fraction of sp³-hybridized carbons (Fsp3) is 0.545. The van der Waals surface area contributed by atoms with E-state index in [1.807, 2.05) is 30.7 Å². The van der Waals surface area contributed by atoms with Crippen molar-refractivity contribution >= 4 is 5.91 Å². The Hall–Kier alpha value is -1.29. The molecule has 0 bridgehead atoms. The molecule has 0 fully saturated rings. The van der Waals surface area contributed by atoms with Crippen LogP contribution in [0, 0.1) is 0 Å². The average molecular weight is 210 g/mol. The van der Waals surface area contributed by atoms with Crippen LogP contribution in [-0.4, -0.2) is 28.2 Å². The first-order valence-electron chi connectivity index (χ1n) is 5.30. The third-order valence-corrected chi connectivity index (χ3v) is 2.37. The number of aliphatic hydroxyl groups is 1. The Balaban J connectivity index is 2.54. The van der Waals surface area contributed by atoms with Gasteiger partial charge in [0, 0.05) is 19.3 Å². The van der Waals surface area contributed by atoms with Gasteiger partial charge in [-0.2, -0.15) is 0 Å². The van der Waals surface area contributed by atoms with Crippen molar-refractivity contribution < 1.29 is 9.90 Å². The fourth-order valence-electron chi connectivity index (χ4n) is 1.34. The number of hydrogen-bond donors (Lipinski definition) is 2. The van der Waals surface area contributed by atoms with Crippen LogP contribution in [0.25, 0.3) is 0 Å². The van der Waals surface area contributed by atoms with Crippen LogP contribution in [0.3, 0.4) is 0 Å². The lowest BCUT2D eigenvalue weighted by Gasteiger charge is -2.10. The van der Waals surface area contributed by atoms with Crippen LogP contribution in [0.2, 0.25) is 0 Å². The quantitative estimate of drug-likeness (QED) is 0.762. The molecule has 84 valence electrons. The molecule has 4 heteroatoms. The largest absolute Gasteiger partial charge is 0.391 e. The summed E-state index contributed by atoms with van der Waals surface area (Å²) < 4.78 is 1.87. The van der Waals surface area contributed by atoms with E-state index in [-0.39, 0.29) is 5.91 Å². The maximum atomic E-state index is 11.7. The molecular formula is C11H18N2O2. The zero-order chi connectivity index (χ0) is 11.3. The second kappa shape index (κ2) is 5.56. The highest BCUT2D eigenvalue weighted by Gasteiger charge is 2.10. The van der Waals surface area contributed by atoms with Gasteiger partial charge in [0.1, 0.15) is 5.69 Å². The molecule has 1 amide bonds. The molecule has 1 heterocycles. The van der Waals surface area contributed by atoms with Gasteiger partial charge in [0.05, 0.1) is 6.10 Å². The Morgan fingerprint density at radius 2 is 2.33 bits per heavy atom. The maximum Gasteiger partial charge on any atom is 0.267 e. The van der Waals surface area contributed by atoms with Gasteiger partial charge in [-0.25, -0.2) is 0 Å². The van der Waals surface area contributed by atoms with Crippen LogP contribution in [0.4, 0.5) is 0 Å². The fourth-order valence-corrected chi connectivity index (χ4v) is 1.34. The van der Waals surface area contributed by atoms with Crippen molar-refractivity contribution in [2.24, 2.45) is 0 Å². The van der Waals surface area contributed by atoms with E-state index >= 15 is 0 Å². The number of carbonyl (C=O) groups is 1. The maximum absolute atomic E-state index is 11.7. The van der Waals surface area contributed by atoms with Gasteiger partial charge in [0.15, 0.2) is 0 Å². The molecule has 4 nitrogen and oxygen atoms in total. The molecule has 15 heavy (non-hydrogen) atoms. The van der Waals surface area contributed by atoms with E-state index in [1.165, 1.54) is 0 Å². The number of aryl methyl sites for hydroxylation is 1. The van der Waals surface area contributed by atoms with Gasteiger partial charge < -0.3 is 15.0 Å². The summed E-state index contributed by atoms with van der Waals surface area (Å²) in [4.78, 5) is 11.7. The number of rotatable bonds is 5. The second-order valence-electron chi connectivity index (χ2n) is 3.45. The molecule has 1 aromatic rings. The van der Waals surface area contributed by atoms with Crippen molar-refractivity contribution in [2.45, 2.75) is 32.9 Å². The smallest absolute Gasteiger partial charge is 0.267 e. The van der Waals surface area contributed by atoms with Crippen molar-refractivity contribution in [1.82, 2.24) is 9.88 Å². The molecule has 0 aromatic carbocycles. The zero-order valence-electron chi connectivity index (χ0n) is 9.23. The molecule has 0 aliphatic rings. The van der Waals surface area contributed by atoms with Gasteiger partial charge in [-0.3, -0.25) is 4.79 Å². The highest BCUT2D eigenvalue weighted by atomic mass is 16.3. The first kappa shape index (κ1) is 11.8. The monoisotopic (exact) mass is 210 g/mol. The molecule has 1 atom stereocenters. The number of amides is 1. The number of aliphatic hydroxyl groups excluding tert-OH is 1. The van der Waals surface area contributed by atoms with Gasteiger partial charge in [0.2, 0.25) is 0 Å². The van der Waals surface area contributed by atoms with E-state index < -0.39 is 6.10 Å². The first-order valence-corrected chi connectivity index (χ1v) is 5.30. The van der Waals surface area contributed by atoms with Gasteiger partial charge >= 0.3 is 0 Å². The van der Waals surface area contributed by atoms with Crippen LogP contribution in [-0.2, 0) is 6.54 Å². The minimum Gasteiger partial charge on any atom is -0.391 e. The summed E-state index contributed by atoms with van der Waals surface area (Å²) >= 11 is 0. The number of nitrogens with zero attached hydrogens (tertiary/aromatic N) is 1. The molecule has 0 spiro atoms. The topological polar surface area (TPSA) is 54.3 Å². The SMILES string of the molecule is CCC(O)CNC(=O)c1cccn1CC. The minimum absolute atomic E-state index is 0.130. The molecule has 1 rings (SSSR count). The summed E-state index contributed by atoms with van der Waals surface area (Å²) in [6.07, 6.45) is 2.05. The van der Waals surface area contributed by atoms with E-state index in [0.717, 1.165) is 6.54 Å². The van der Waals surface area contributed by atoms with E-state index in [0.29, 0.717) is 18.7 Å². The molecule has 1 unspecified atom stereocenters. The summed E-state index contributed by atoms with van der Waals surface area (Å²) in [5.74, 6) is -0.130. The molecule has 0 aliphatic carbocycles. The Kier molecular flexibility index (Phi) is 4.37. The van der Waals surface area contributed by atoms with E-state index in [4.69, 9.17) is 0 Å². The van der Waals surface area contributed by atoms with Gasteiger partial charge in [-0.1, -0.05) is 6.92 Å². The second-order valence-corrected chi connectivity index (χ2v) is 3.45. The molecule has 0 saturated carbocycles. The summed E-state index contributed by atoms with van der Waals surface area (Å²) in [5, 5.41) is 12.0. The van der Waals surface area contributed by atoms with Crippen molar-refractivity contribution in [3.05, 3.63) is 24.0 Å². The van der Waals surface area contributed by atoms with Gasteiger partial charge in [-0.05, 0) is 25.5 Å². The summed E-state index contributed by atoms with van der Waals surface area (Å²) in [7, 11) is 0. The molecule has 0 radical (unpaired) electrons. The van der Waals surface area contributed by atoms with E-state index in [1.54, 1.807) is 6.07 Å². The number of hydrogen-bond acceptors (Lipinski definition) is 2. The number of nitrogens with one attached hydrogen (secondary N) is 1. The highest BCUT2D eigenvalue weighted by Crippen LogP contribution is 2.01. The van der Waals surface area contributed by atoms with E-state index in [9.17, 15) is 9.90 Å². The third-order valence-electron chi connectivity index (χ3n) is 2.37. The standard InChI is InChI=1S/C11H18N2O2/c1-3-9(14)8-12-11(15)10-6-5-7-13(10)4-2/h5-7,9,14H,3-4,8H2,1-2H3,(H,12,15). The Labute approximate surface area is 89.9 Å². The summed E-state index contributed by atoms with van der Waals surface area (Å²) in [6.45, 7) is 4.94. The van der Waals surface area contributed by atoms with Gasteiger partial charge in [-0.15, -0.1) is 0 Å². The van der Waals surface area contributed by atoms with Crippen molar-refractivity contribution in [2.75, 3.05) is 6.54 Å². The predicted octanol–water partition coefficient (Wildman–Crippen LogP) is 1.01. The van der Waals surface area contributed by atoms with Crippen molar-refractivity contribution in [3.63, 3.8) is 0 Å². The Bertz CT molecular complexity index is 320. The van der Waals surface area contributed by atoms with E-state index in [2.05, 4.69) is 5.32 Å². The van der Waals surface area contributed by atoms with Crippen molar-refractivity contribution in [3.8, 4) is 0 Å². The first-order chi connectivity index (χ1) is 7.19. The lowest BCUT2D eigenvalue weighted by molar-refractivity contribution is 0.0905. The Morgan fingerprint density at radius 3 is 2.93 bits per heavy atom. The number of carbonyl (C=O) groups excluding carboxylic acids is 1. The highest BCUT2D eigenvalue weighted by molar-refractivity contribution is 5.92. The average Bonchev–Trinajstić information content (AvgIpc) is 2.73. The van der Waals surface area contributed by atoms with Crippen LogP contribution < -0.4 is 5.32 Å². The molecule has 0 saturated heterocycles. The molecule has 1 aromatic heterocycles. The van der Waals surface area contributed by atoms with Crippen molar-refractivity contribution in [1.29, 1.82) is 0 Å². The summed E-state index contributed by atoms with van der Waals surface area (Å²) in [6, 6.07) is 3.62. The Morgan fingerprint density at radius 1 is 1.60 bits per heavy atom. The third kappa shape index (κ3) is 3.09. The molecule has 2 N–H and O–H groups in total. The normalized spacial score (nSPS) is 12.5. The predicted molar refractivity (Wildman–Crippen MR) is 58.7 cm³/mol. The van der Waals surface area contributed by atoms with Gasteiger partial charge in [0.25, 0.3) is 5.91 Å². The summed E-state index contributed by atoms with van der Waals surface area (Å²) in [5.41, 5.74) is 0.640. The zero-order valence-corrected chi connectivity index (χ0v) is 9.23. The molecular weight excluding hydrogens is 192 g/mol. The lowest BCUT2D eigenvalue weighted by atomic mass is 10.3.